The highest BCUT2D eigenvalue weighted by molar-refractivity contribution is 5.52. The maximum Gasteiger partial charge on any atom is 0.146 e. The molecule has 1 saturated carbocycles. The molecule has 2 atom stereocenters. The minimum Gasteiger partial charge on any atom is -0.380 e. The van der Waals surface area contributed by atoms with Crippen molar-refractivity contribution in [2.75, 3.05) is 5.32 Å². The van der Waals surface area contributed by atoms with Gasteiger partial charge in [0.25, 0.3) is 0 Å². The third-order valence-electron chi connectivity index (χ3n) is 4.28. The van der Waals surface area contributed by atoms with E-state index in [4.69, 9.17) is 0 Å². The molecule has 1 N–H and O–H groups in total. The van der Waals surface area contributed by atoms with E-state index in [0.717, 1.165) is 24.4 Å². The molecule has 2 aromatic rings. The van der Waals surface area contributed by atoms with Crippen LogP contribution >= 0.6 is 0 Å². The van der Waals surface area contributed by atoms with Crippen molar-refractivity contribution < 1.29 is 4.39 Å². The molecule has 3 rings (SSSR count). The van der Waals surface area contributed by atoms with E-state index in [9.17, 15) is 4.39 Å². The van der Waals surface area contributed by atoms with Crippen molar-refractivity contribution in [1.82, 2.24) is 20.2 Å². The molecule has 0 radical (unpaired) electrons. The molecule has 6 heteroatoms. The summed E-state index contributed by atoms with van der Waals surface area (Å²) in [6, 6.07) is 5.25. The molecule has 2 unspecified atom stereocenters. The number of aromatic nitrogens is 4. The Hall–Kier alpha value is -1.98. The molecule has 0 amide bonds. The van der Waals surface area contributed by atoms with Gasteiger partial charge in [-0.25, -0.2) is 9.07 Å². The molecule has 0 bridgehead atoms. The number of hydrogen-bond acceptors (Lipinski definition) is 4. The predicted octanol–water partition coefficient (Wildman–Crippen LogP) is 3.18. The SMILES string of the molecule is CCC1CCCC(Nc2cc(-n3cnnn3)ccc2F)C1. The highest BCUT2D eigenvalue weighted by atomic mass is 19.1. The van der Waals surface area contributed by atoms with Gasteiger partial charge in [0.2, 0.25) is 0 Å². The van der Waals surface area contributed by atoms with E-state index in [-0.39, 0.29) is 5.82 Å². The highest BCUT2D eigenvalue weighted by Gasteiger charge is 2.21. The van der Waals surface area contributed by atoms with Gasteiger partial charge in [-0.15, -0.1) is 5.10 Å². The van der Waals surface area contributed by atoms with Gasteiger partial charge in [-0.3, -0.25) is 0 Å². The first-order valence-corrected chi connectivity index (χ1v) is 7.55. The average Bonchev–Trinajstić information content (AvgIpc) is 3.04. The molecule has 1 fully saturated rings. The molecular weight excluding hydrogens is 269 g/mol. The second kappa shape index (κ2) is 6.20. The summed E-state index contributed by atoms with van der Waals surface area (Å²) in [6.07, 6.45) is 7.43. The van der Waals surface area contributed by atoms with Crippen LogP contribution in [0.15, 0.2) is 24.5 Å². The van der Waals surface area contributed by atoms with Crippen LogP contribution in [0.1, 0.15) is 39.0 Å². The number of nitrogens with one attached hydrogen (secondary N) is 1. The monoisotopic (exact) mass is 289 g/mol. The van der Waals surface area contributed by atoms with E-state index in [0.29, 0.717) is 11.7 Å². The Morgan fingerprint density at radius 3 is 3.05 bits per heavy atom. The lowest BCUT2D eigenvalue weighted by atomic mass is 9.84. The van der Waals surface area contributed by atoms with Crippen LogP contribution in [0.5, 0.6) is 0 Å². The van der Waals surface area contributed by atoms with Gasteiger partial charge in [-0.2, -0.15) is 0 Å². The Kier molecular flexibility index (Phi) is 4.13. The topological polar surface area (TPSA) is 55.6 Å². The van der Waals surface area contributed by atoms with E-state index in [1.54, 1.807) is 12.1 Å². The van der Waals surface area contributed by atoms with Gasteiger partial charge < -0.3 is 5.32 Å². The van der Waals surface area contributed by atoms with Crippen LogP contribution in [-0.2, 0) is 0 Å². The molecule has 0 spiro atoms. The normalized spacial score (nSPS) is 22.2. The smallest absolute Gasteiger partial charge is 0.146 e. The molecule has 112 valence electrons. The maximum absolute atomic E-state index is 14.0. The van der Waals surface area contributed by atoms with E-state index in [2.05, 4.69) is 27.8 Å². The van der Waals surface area contributed by atoms with Gasteiger partial charge in [-0.1, -0.05) is 26.2 Å². The van der Waals surface area contributed by atoms with E-state index < -0.39 is 0 Å². The average molecular weight is 289 g/mol. The van der Waals surface area contributed by atoms with Crippen molar-refractivity contribution in [3.8, 4) is 5.69 Å². The van der Waals surface area contributed by atoms with Crippen LogP contribution in [-0.4, -0.2) is 26.2 Å². The van der Waals surface area contributed by atoms with Crippen LogP contribution in [0, 0.1) is 11.7 Å². The minimum atomic E-state index is -0.231. The number of halogens is 1. The fraction of sp³-hybridized carbons (Fsp3) is 0.533. The second-order valence-corrected chi connectivity index (χ2v) is 5.70. The summed E-state index contributed by atoms with van der Waals surface area (Å²) in [7, 11) is 0. The maximum atomic E-state index is 14.0. The van der Waals surface area contributed by atoms with Crippen molar-refractivity contribution in [2.24, 2.45) is 5.92 Å². The number of benzene rings is 1. The standard InChI is InChI=1S/C15H20FN5/c1-2-11-4-3-5-12(8-11)18-15-9-13(6-7-14(15)16)21-10-17-19-20-21/h6-7,9-12,18H,2-5,8H2,1H3. The summed E-state index contributed by atoms with van der Waals surface area (Å²) in [5.41, 5.74) is 1.29. The number of anilines is 1. The molecular formula is C15H20FN5. The van der Waals surface area contributed by atoms with Crippen LogP contribution in [0.3, 0.4) is 0 Å². The number of tetrazole rings is 1. The van der Waals surface area contributed by atoms with Gasteiger partial charge in [0.05, 0.1) is 11.4 Å². The van der Waals surface area contributed by atoms with Gasteiger partial charge in [0, 0.05) is 6.04 Å². The zero-order valence-electron chi connectivity index (χ0n) is 12.2. The fourth-order valence-electron chi connectivity index (χ4n) is 3.06. The Bertz CT molecular complexity index is 584. The van der Waals surface area contributed by atoms with Crippen LogP contribution < -0.4 is 5.32 Å². The largest absolute Gasteiger partial charge is 0.380 e. The second-order valence-electron chi connectivity index (χ2n) is 5.70. The molecule has 1 aliphatic rings. The van der Waals surface area contributed by atoms with Gasteiger partial charge in [-0.05, 0) is 47.4 Å². The summed E-state index contributed by atoms with van der Waals surface area (Å²) >= 11 is 0. The van der Waals surface area contributed by atoms with Crippen molar-refractivity contribution in [2.45, 2.75) is 45.1 Å². The molecule has 21 heavy (non-hydrogen) atoms. The molecule has 1 heterocycles. The zero-order chi connectivity index (χ0) is 14.7. The summed E-state index contributed by atoms with van der Waals surface area (Å²) in [6.45, 7) is 2.23. The van der Waals surface area contributed by atoms with Crippen molar-refractivity contribution in [1.29, 1.82) is 0 Å². The van der Waals surface area contributed by atoms with Crippen molar-refractivity contribution >= 4 is 5.69 Å². The number of nitrogens with zero attached hydrogens (tertiary/aromatic N) is 4. The number of hydrogen-bond donors (Lipinski definition) is 1. The molecule has 5 nitrogen and oxygen atoms in total. The first-order valence-electron chi connectivity index (χ1n) is 7.55. The number of rotatable bonds is 4. The quantitative estimate of drug-likeness (QED) is 0.939. The summed E-state index contributed by atoms with van der Waals surface area (Å²) in [5, 5.41) is 14.4. The highest BCUT2D eigenvalue weighted by Crippen LogP contribution is 2.29. The Labute approximate surface area is 123 Å². The molecule has 1 aliphatic carbocycles. The van der Waals surface area contributed by atoms with Crippen LogP contribution in [0.4, 0.5) is 10.1 Å². The first kappa shape index (κ1) is 14.0. The molecule has 0 saturated heterocycles. The van der Waals surface area contributed by atoms with Crippen LogP contribution in [0.25, 0.3) is 5.69 Å². The lowest BCUT2D eigenvalue weighted by Crippen LogP contribution is -2.27. The molecule has 0 aliphatic heterocycles. The fourth-order valence-corrected chi connectivity index (χ4v) is 3.06. The predicted molar refractivity (Wildman–Crippen MR) is 78.8 cm³/mol. The van der Waals surface area contributed by atoms with Gasteiger partial charge in [0.15, 0.2) is 0 Å². The minimum absolute atomic E-state index is 0.231. The lowest BCUT2D eigenvalue weighted by molar-refractivity contribution is 0.327. The van der Waals surface area contributed by atoms with E-state index >= 15 is 0 Å². The van der Waals surface area contributed by atoms with E-state index in [1.165, 1.54) is 36.3 Å². The Morgan fingerprint density at radius 2 is 2.29 bits per heavy atom. The zero-order valence-corrected chi connectivity index (χ0v) is 12.2. The molecule has 1 aromatic carbocycles. The Balaban J connectivity index is 1.77. The first-order chi connectivity index (χ1) is 10.3. The van der Waals surface area contributed by atoms with Gasteiger partial charge in [0.1, 0.15) is 12.1 Å². The summed E-state index contributed by atoms with van der Waals surface area (Å²) < 4.78 is 15.5. The lowest BCUT2D eigenvalue weighted by Gasteiger charge is -2.30. The third kappa shape index (κ3) is 3.20. The van der Waals surface area contributed by atoms with Crippen molar-refractivity contribution in [3.63, 3.8) is 0 Å². The molecule has 1 aromatic heterocycles. The van der Waals surface area contributed by atoms with Crippen LogP contribution in [0.2, 0.25) is 0 Å². The summed E-state index contributed by atoms with van der Waals surface area (Å²) in [5.74, 6) is 0.521. The van der Waals surface area contributed by atoms with Gasteiger partial charge >= 0.3 is 0 Å². The van der Waals surface area contributed by atoms with Crippen molar-refractivity contribution in [3.05, 3.63) is 30.3 Å². The Morgan fingerprint density at radius 1 is 1.38 bits per heavy atom. The summed E-state index contributed by atoms with van der Waals surface area (Å²) in [4.78, 5) is 0. The van der Waals surface area contributed by atoms with E-state index in [1.807, 2.05) is 0 Å². The third-order valence-corrected chi connectivity index (χ3v) is 4.28.